The Labute approximate surface area is 140 Å². The first-order chi connectivity index (χ1) is 11.7. The number of nitro benzene ring substituents is 1. The Balaban J connectivity index is 2.11. The fourth-order valence-corrected chi connectivity index (χ4v) is 1.97. The summed E-state index contributed by atoms with van der Waals surface area (Å²) in [5.74, 6) is -0.716. The van der Waals surface area contributed by atoms with Crippen LogP contribution in [0.3, 0.4) is 0 Å². The third kappa shape index (κ3) is 4.63. The number of nitrogens with one attached hydrogen (secondary N) is 1. The van der Waals surface area contributed by atoms with Crippen LogP contribution in [0.15, 0.2) is 47.6 Å². The molecule has 0 spiro atoms. The van der Waals surface area contributed by atoms with Crippen molar-refractivity contribution in [2.75, 3.05) is 0 Å². The largest absolute Gasteiger partial charge is 0.416 e. The third-order valence-electron chi connectivity index (χ3n) is 3.26. The monoisotopic (exact) mass is 351 g/mol. The van der Waals surface area contributed by atoms with E-state index in [1.807, 2.05) is 0 Å². The highest BCUT2D eigenvalue weighted by Crippen LogP contribution is 2.29. The Morgan fingerprint density at radius 3 is 2.60 bits per heavy atom. The molecule has 130 valence electrons. The lowest BCUT2D eigenvalue weighted by molar-refractivity contribution is -0.385. The van der Waals surface area contributed by atoms with E-state index in [9.17, 15) is 28.1 Å². The van der Waals surface area contributed by atoms with Crippen LogP contribution in [0, 0.1) is 17.0 Å². The predicted molar refractivity (Wildman–Crippen MR) is 84.3 cm³/mol. The van der Waals surface area contributed by atoms with Crippen LogP contribution in [0.5, 0.6) is 0 Å². The summed E-state index contributed by atoms with van der Waals surface area (Å²) in [4.78, 5) is 22.2. The Morgan fingerprint density at radius 1 is 1.24 bits per heavy atom. The van der Waals surface area contributed by atoms with Gasteiger partial charge in [-0.25, -0.2) is 5.43 Å². The van der Waals surface area contributed by atoms with E-state index >= 15 is 0 Å². The number of nitrogens with zero attached hydrogens (tertiary/aromatic N) is 2. The van der Waals surface area contributed by atoms with Gasteiger partial charge < -0.3 is 0 Å². The molecule has 0 saturated heterocycles. The molecule has 1 amide bonds. The SMILES string of the molecule is Cc1ccc(C(=O)N/N=C\c2cccc(C(F)(F)F)c2)cc1[N+](=O)[O-]. The number of carbonyl (C=O) groups is 1. The number of rotatable bonds is 4. The summed E-state index contributed by atoms with van der Waals surface area (Å²) in [6.07, 6.45) is -3.43. The van der Waals surface area contributed by atoms with Gasteiger partial charge in [-0.2, -0.15) is 18.3 Å². The molecule has 0 atom stereocenters. The van der Waals surface area contributed by atoms with Crippen molar-refractivity contribution in [2.24, 2.45) is 5.10 Å². The molecule has 2 aromatic carbocycles. The minimum absolute atomic E-state index is 0.0125. The average molecular weight is 351 g/mol. The second-order valence-corrected chi connectivity index (χ2v) is 5.08. The minimum Gasteiger partial charge on any atom is -0.267 e. The van der Waals surface area contributed by atoms with Crippen LogP contribution in [-0.4, -0.2) is 17.0 Å². The second kappa shape index (κ2) is 7.12. The van der Waals surface area contributed by atoms with E-state index in [4.69, 9.17) is 0 Å². The highest BCUT2D eigenvalue weighted by atomic mass is 19.4. The van der Waals surface area contributed by atoms with Crippen LogP contribution in [0.4, 0.5) is 18.9 Å². The number of hydrogen-bond donors (Lipinski definition) is 1. The molecule has 1 N–H and O–H groups in total. The zero-order valence-electron chi connectivity index (χ0n) is 12.9. The first-order valence-corrected chi connectivity index (χ1v) is 6.94. The minimum atomic E-state index is -4.48. The smallest absolute Gasteiger partial charge is 0.267 e. The van der Waals surface area contributed by atoms with Crippen LogP contribution >= 0.6 is 0 Å². The number of halogens is 3. The number of aryl methyl sites for hydroxylation is 1. The molecule has 0 aliphatic carbocycles. The summed E-state index contributed by atoms with van der Waals surface area (Å²) in [6, 6.07) is 8.32. The molecule has 0 heterocycles. The van der Waals surface area contributed by atoms with Gasteiger partial charge >= 0.3 is 6.18 Å². The third-order valence-corrected chi connectivity index (χ3v) is 3.26. The Kier molecular flexibility index (Phi) is 5.16. The number of carbonyl (C=O) groups excluding carboxylic acids is 1. The van der Waals surface area contributed by atoms with Crippen LogP contribution in [0.2, 0.25) is 0 Å². The van der Waals surface area contributed by atoms with Gasteiger partial charge in [-0.3, -0.25) is 14.9 Å². The lowest BCUT2D eigenvalue weighted by Gasteiger charge is -2.06. The van der Waals surface area contributed by atoms with E-state index in [1.54, 1.807) is 0 Å². The molecule has 2 aromatic rings. The number of hydrazone groups is 1. The molecule has 0 radical (unpaired) electrons. The molecule has 0 bridgehead atoms. The van der Waals surface area contributed by atoms with Crippen LogP contribution in [0.25, 0.3) is 0 Å². The molecule has 0 aromatic heterocycles. The van der Waals surface area contributed by atoms with Gasteiger partial charge in [-0.15, -0.1) is 0 Å². The van der Waals surface area contributed by atoms with Crippen LogP contribution < -0.4 is 5.43 Å². The normalized spacial score (nSPS) is 11.5. The maximum Gasteiger partial charge on any atom is 0.416 e. The Bertz CT molecular complexity index is 848. The zero-order valence-corrected chi connectivity index (χ0v) is 12.9. The summed E-state index contributed by atoms with van der Waals surface area (Å²) in [6.45, 7) is 1.53. The predicted octanol–water partition coefficient (Wildman–Crippen LogP) is 3.69. The van der Waals surface area contributed by atoms with Gasteiger partial charge in [0.2, 0.25) is 0 Å². The number of alkyl halides is 3. The fourth-order valence-electron chi connectivity index (χ4n) is 1.97. The van der Waals surface area contributed by atoms with Gasteiger partial charge in [0.1, 0.15) is 0 Å². The summed E-state index contributed by atoms with van der Waals surface area (Å²) in [7, 11) is 0. The van der Waals surface area contributed by atoms with Gasteiger partial charge in [-0.1, -0.05) is 18.2 Å². The van der Waals surface area contributed by atoms with Crippen molar-refractivity contribution in [3.05, 3.63) is 74.8 Å². The molecule has 0 aliphatic heterocycles. The first kappa shape index (κ1) is 18.1. The molecule has 0 saturated carbocycles. The quantitative estimate of drug-likeness (QED) is 0.518. The van der Waals surface area contributed by atoms with Crippen molar-refractivity contribution in [2.45, 2.75) is 13.1 Å². The van der Waals surface area contributed by atoms with E-state index in [0.29, 0.717) is 5.56 Å². The molecular formula is C16H12F3N3O3. The van der Waals surface area contributed by atoms with Crippen molar-refractivity contribution >= 4 is 17.8 Å². The number of amides is 1. The molecular weight excluding hydrogens is 339 g/mol. The molecule has 2 rings (SSSR count). The maximum absolute atomic E-state index is 12.6. The van der Waals surface area contributed by atoms with E-state index in [-0.39, 0.29) is 16.8 Å². The number of benzene rings is 2. The van der Waals surface area contributed by atoms with E-state index in [2.05, 4.69) is 10.5 Å². The van der Waals surface area contributed by atoms with E-state index < -0.39 is 22.6 Å². The van der Waals surface area contributed by atoms with Crippen molar-refractivity contribution in [1.82, 2.24) is 5.43 Å². The molecule has 9 heteroatoms. The van der Waals surface area contributed by atoms with Crippen LogP contribution in [0.1, 0.15) is 27.0 Å². The molecule has 25 heavy (non-hydrogen) atoms. The summed E-state index contributed by atoms with van der Waals surface area (Å²) < 4.78 is 37.8. The number of nitro groups is 1. The van der Waals surface area contributed by atoms with Gasteiger partial charge in [-0.05, 0) is 30.7 Å². The Morgan fingerprint density at radius 2 is 1.96 bits per heavy atom. The van der Waals surface area contributed by atoms with E-state index in [1.165, 1.54) is 31.2 Å². The topological polar surface area (TPSA) is 84.6 Å². The first-order valence-electron chi connectivity index (χ1n) is 6.94. The average Bonchev–Trinajstić information content (AvgIpc) is 2.54. The van der Waals surface area contributed by atoms with Crippen molar-refractivity contribution in [1.29, 1.82) is 0 Å². The summed E-state index contributed by atoms with van der Waals surface area (Å²) >= 11 is 0. The van der Waals surface area contributed by atoms with Crippen molar-refractivity contribution in [3.63, 3.8) is 0 Å². The lowest BCUT2D eigenvalue weighted by atomic mass is 10.1. The maximum atomic E-state index is 12.6. The molecule has 0 unspecified atom stereocenters. The lowest BCUT2D eigenvalue weighted by Crippen LogP contribution is -2.18. The second-order valence-electron chi connectivity index (χ2n) is 5.08. The highest BCUT2D eigenvalue weighted by Gasteiger charge is 2.30. The summed E-state index contributed by atoms with van der Waals surface area (Å²) in [5.41, 5.74) is 1.62. The van der Waals surface area contributed by atoms with Gasteiger partial charge in [0.15, 0.2) is 0 Å². The van der Waals surface area contributed by atoms with Gasteiger partial charge in [0.05, 0.1) is 16.7 Å². The fraction of sp³-hybridized carbons (Fsp3) is 0.125. The molecule has 0 fully saturated rings. The van der Waals surface area contributed by atoms with Crippen LogP contribution in [-0.2, 0) is 6.18 Å². The van der Waals surface area contributed by atoms with Gasteiger partial charge in [0.25, 0.3) is 11.6 Å². The zero-order chi connectivity index (χ0) is 18.6. The molecule has 0 aliphatic rings. The van der Waals surface area contributed by atoms with Crippen molar-refractivity contribution < 1.29 is 22.9 Å². The summed E-state index contributed by atoms with van der Waals surface area (Å²) in [5, 5.41) is 14.4. The number of hydrogen-bond acceptors (Lipinski definition) is 4. The Hall–Kier alpha value is -3.23. The highest BCUT2D eigenvalue weighted by molar-refractivity contribution is 5.95. The van der Waals surface area contributed by atoms with Gasteiger partial charge in [0, 0.05) is 17.2 Å². The van der Waals surface area contributed by atoms with E-state index in [0.717, 1.165) is 24.4 Å². The van der Waals surface area contributed by atoms with Crippen molar-refractivity contribution in [3.8, 4) is 0 Å². The molecule has 6 nitrogen and oxygen atoms in total. The standard InChI is InChI=1S/C16H12F3N3O3/c1-10-5-6-12(8-14(10)22(24)25)15(23)21-20-9-11-3-2-4-13(7-11)16(17,18)19/h2-9H,1H3,(H,21,23)/b20-9-.